The van der Waals surface area contributed by atoms with Crippen molar-refractivity contribution in [2.75, 3.05) is 19.6 Å². The number of aromatic hydroxyl groups is 1. The molecule has 6 rings (SSSR count). The van der Waals surface area contributed by atoms with Crippen LogP contribution in [0.3, 0.4) is 0 Å². The Hall–Kier alpha value is -2.11. The van der Waals surface area contributed by atoms with Crippen LogP contribution < -0.4 is 5.63 Å². The fourth-order valence-corrected chi connectivity index (χ4v) is 7.27. The summed E-state index contributed by atoms with van der Waals surface area (Å²) in [5.41, 5.74) is 4.33. The van der Waals surface area contributed by atoms with Crippen molar-refractivity contribution in [3.8, 4) is 5.75 Å². The minimum absolute atomic E-state index is 0.274. The molecular formula is C27H34N2O3. The number of hydrogen-bond donors (Lipinski definition) is 1. The van der Waals surface area contributed by atoms with Crippen molar-refractivity contribution >= 4 is 11.0 Å². The summed E-state index contributed by atoms with van der Waals surface area (Å²) in [7, 11) is 0. The average molecular weight is 435 g/mol. The lowest BCUT2D eigenvalue weighted by Crippen LogP contribution is -2.58. The standard InChI is InChI=1S/C27H34N2O3/c1-16-10-24(30)32-27-17(2)26(31)21(13-22(16)27)15-29-9-5-6-18-11-19-12-20(25(18)29)14-28-8-4-3-7-23(19)28/h10-11,13,19-20,23,25,31H,3-9,12,14-15H2,1-2H3/t19?,20?,23-,25-/m1/s1. The van der Waals surface area contributed by atoms with Gasteiger partial charge < -0.3 is 9.52 Å². The van der Waals surface area contributed by atoms with E-state index in [1.807, 2.05) is 19.9 Å². The largest absolute Gasteiger partial charge is 0.507 e. The van der Waals surface area contributed by atoms with Crippen LogP contribution in [0.15, 0.2) is 33.0 Å². The van der Waals surface area contributed by atoms with Gasteiger partial charge in [0.15, 0.2) is 0 Å². The van der Waals surface area contributed by atoms with Gasteiger partial charge in [0.05, 0.1) is 0 Å². The molecule has 1 N–H and O–H groups in total. The topological polar surface area (TPSA) is 56.9 Å². The highest BCUT2D eigenvalue weighted by atomic mass is 16.4. The van der Waals surface area contributed by atoms with Crippen molar-refractivity contribution in [3.63, 3.8) is 0 Å². The second kappa shape index (κ2) is 7.74. The van der Waals surface area contributed by atoms with Crippen LogP contribution >= 0.6 is 0 Å². The molecule has 1 aromatic heterocycles. The van der Waals surface area contributed by atoms with E-state index in [1.165, 1.54) is 51.6 Å². The summed E-state index contributed by atoms with van der Waals surface area (Å²) in [5, 5.41) is 12.0. The SMILES string of the molecule is Cc1cc(=O)oc2c(C)c(O)c(CN3CCCC4=CC5CC(CN6CCCC[C@H]56)[C@@H]43)cc12. The van der Waals surface area contributed by atoms with Crippen LogP contribution in [0.25, 0.3) is 11.0 Å². The monoisotopic (exact) mass is 434 g/mol. The van der Waals surface area contributed by atoms with E-state index < -0.39 is 0 Å². The third-order valence-electron chi connectivity index (χ3n) is 8.66. The van der Waals surface area contributed by atoms with E-state index in [0.717, 1.165) is 41.6 Å². The van der Waals surface area contributed by atoms with E-state index in [2.05, 4.69) is 15.9 Å². The molecule has 2 unspecified atom stereocenters. The summed E-state index contributed by atoms with van der Waals surface area (Å²) >= 11 is 0. The minimum atomic E-state index is -0.360. The van der Waals surface area contributed by atoms with E-state index in [0.29, 0.717) is 23.1 Å². The zero-order valence-electron chi connectivity index (χ0n) is 19.3. The summed E-state index contributed by atoms with van der Waals surface area (Å²) in [5.74, 6) is 1.70. The number of piperidine rings is 3. The first kappa shape index (κ1) is 20.5. The summed E-state index contributed by atoms with van der Waals surface area (Å²) in [6, 6.07) is 4.85. The quantitative estimate of drug-likeness (QED) is 0.557. The highest BCUT2D eigenvalue weighted by Gasteiger charge is 2.45. The molecule has 5 nitrogen and oxygen atoms in total. The number of hydrogen-bond acceptors (Lipinski definition) is 5. The van der Waals surface area contributed by atoms with Crippen molar-refractivity contribution in [1.29, 1.82) is 0 Å². The van der Waals surface area contributed by atoms with Crippen LogP contribution in [0.1, 0.15) is 55.2 Å². The third-order valence-corrected chi connectivity index (χ3v) is 8.66. The first-order valence-electron chi connectivity index (χ1n) is 12.4. The number of phenols is 1. The van der Waals surface area contributed by atoms with Crippen molar-refractivity contribution in [2.24, 2.45) is 11.8 Å². The smallest absolute Gasteiger partial charge is 0.336 e. The number of likely N-dealkylation sites (tertiary alicyclic amines) is 1. The van der Waals surface area contributed by atoms with E-state index in [4.69, 9.17) is 4.42 Å². The molecule has 4 heterocycles. The normalized spacial score (nSPS) is 30.6. The second-order valence-electron chi connectivity index (χ2n) is 10.6. The Bertz CT molecular complexity index is 1150. The minimum Gasteiger partial charge on any atom is -0.507 e. The molecule has 1 aliphatic carbocycles. The molecule has 32 heavy (non-hydrogen) atoms. The number of rotatable bonds is 2. The van der Waals surface area contributed by atoms with Gasteiger partial charge in [-0.2, -0.15) is 0 Å². The summed E-state index contributed by atoms with van der Waals surface area (Å²) in [4.78, 5) is 17.3. The molecule has 170 valence electrons. The lowest BCUT2D eigenvalue weighted by Gasteiger charge is -2.54. The van der Waals surface area contributed by atoms with Gasteiger partial charge in [-0.1, -0.05) is 18.1 Å². The molecule has 5 heteroatoms. The van der Waals surface area contributed by atoms with E-state index >= 15 is 0 Å². The molecular weight excluding hydrogens is 400 g/mol. The van der Waals surface area contributed by atoms with Gasteiger partial charge in [-0.25, -0.2) is 4.79 Å². The maximum absolute atomic E-state index is 11.9. The van der Waals surface area contributed by atoms with Gasteiger partial charge in [-0.3, -0.25) is 9.80 Å². The zero-order valence-corrected chi connectivity index (χ0v) is 19.3. The Morgan fingerprint density at radius 3 is 2.91 bits per heavy atom. The number of nitrogens with zero attached hydrogens (tertiary/aromatic N) is 2. The van der Waals surface area contributed by atoms with Crippen LogP contribution in [0, 0.1) is 25.7 Å². The Balaban J connectivity index is 1.35. The van der Waals surface area contributed by atoms with E-state index in [1.54, 1.807) is 11.6 Å². The second-order valence-corrected chi connectivity index (χ2v) is 10.6. The van der Waals surface area contributed by atoms with Crippen molar-refractivity contribution in [1.82, 2.24) is 9.80 Å². The van der Waals surface area contributed by atoms with Crippen molar-refractivity contribution in [2.45, 2.75) is 71.0 Å². The van der Waals surface area contributed by atoms with Gasteiger partial charge in [0.1, 0.15) is 11.3 Å². The molecule has 0 amide bonds. The summed E-state index contributed by atoms with van der Waals surface area (Å²) in [6.07, 6.45) is 10.5. The van der Waals surface area contributed by atoms with Crippen LogP contribution in [0.2, 0.25) is 0 Å². The van der Waals surface area contributed by atoms with Gasteiger partial charge in [-0.15, -0.1) is 0 Å². The Morgan fingerprint density at radius 2 is 2.03 bits per heavy atom. The van der Waals surface area contributed by atoms with Crippen LogP contribution in [-0.2, 0) is 6.54 Å². The highest BCUT2D eigenvalue weighted by Crippen LogP contribution is 2.45. The van der Waals surface area contributed by atoms with Crippen LogP contribution in [0.5, 0.6) is 5.75 Å². The van der Waals surface area contributed by atoms with Gasteiger partial charge in [0.2, 0.25) is 0 Å². The van der Waals surface area contributed by atoms with Gasteiger partial charge in [0, 0.05) is 47.8 Å². The fraction of sp³-hybridized carbons (Fsp3) is 0.593. The predicted octanol–water partition coefficient (Wildman–Crippen LogP) is 4.51. The first-order chi connectivity index (χ1) is 15.5. The molecule has 1 aromatic carbocycles. The zero-order chi connectivity index (χ0) is 22.0. The summed E-state index contributed by atoms with van der Waals surface area (Å²) in [6.45, 7) is 8.11. The molecule has 3 fully saturated rings. The van der Waals surface area contributed by atoms with Gasteiger partial charge >= 0.3 is 5.63 Å². The molecule has 2 aromatic rings. The van der Waals surface area contributed by atoms with E-state index in [-0.39, 0.29) is 11.4 Å². The lowest BCUT2D eigenvalue weighted by molar-refractivity contribution is -0.00277. The number of fused-ring (bicyclic) bond motifs is 7. The molecule has 2 bridgehead atoms. The molecule has 3 saturated heterocycles. The average Bonchev–Trinajstić information content (AvgIpc) is 2.78. The van der Waals surface area contributed by atoms with Crippen molar-refractivity contribution in [3.05, 3.63) is 50.9 Å². The number of benzene rings is 1. The molecule has 0 saturated carbocycles. The first-order valence-corrected chi connectivity index (χ1v) is 12.4. The lowest BCUT2D eigenvalue weighted by atomic mass is 9.68. The highest BCUT2D eigenvalue weighted by molar-refractivity contribution is 5.86. The maximum atomic E-state index is 11.9. The molecule has 4 atom stereocenters. The van der Waals surface area contributed by atoms with Crippen LogP contribution in [-0.4, -0.2) is 46.6 Å². The Labute approximate surface area is 189 Å². The molecule has 0 radical (unpaired) electrons. The fourth-order valence-electron chi connectivity index (χ4n) is 7.27. The number of phenolic OH excluding ortho intramolecular Hbond substituents is 1. The van der Waals surface area contributed by atoms with Gasteiger partial charge in [0.25, 0.3) is 0 Å². The van der Waals surface area contributed by atoms with Crippen LogP contribution in [0.4, 0.5) is 0 Å². The molecule has 0 spiro atoms. The summed E-state index contributed by atoms with van der Waals surface area (Å²) < 4.78 is 5.45. The predicted molar refractivity (Wildman–Crippen MR) is 126 cm³/mol. The van der Waals surface area contributed by atoms with E-state index in [9.17, 15) is 9.90 Å². The maximum Gasteiger partial charge on any atom is 0.336 e. The molecule has 4 aliphatic rings. The Morgan fingerprint density at radius 1 is 1.16 bits per heavy atom. The molecule has 3 aliphatic heterocycles. The van der Waals surface area contributed by atoms with Gasteiger partial charge in [-0.05, 0) is 82.5 Å². The third kappa shape index (κ3) is 3.24. The Kier molecular flexibility index (Phi) is 4.96. The van der Waals surface area contributed by atoms with Crippen molar-refractivity contribution < 1.29 is 9.52 Å². The number of aryl methyl sites for hydroxylation is 2.